The smallest absolute Gasteiger partial charge is 0.224 e. The van der Waals surface area contributed by atoms with Crippen molar-refractivity contribution in [2.45, 2.75) is 38.5 Å². The minimum atomic E-state index is 0. The maximum Gasteiger partial charge on any atom is 0.224 e. The van der Waals surface area contributed by atoms with Crippen molar-refractivity contribution in [3.05, 3.63) is 23.8 Å². The number of halogens is 1. The van der Waals surface area contributed by atoms with Crippen molar-refractivity contribution in [3.8, 4) is 5.75 Å². The fourth-order valence-corrected chi connectivity index (χ4v) is 3.34. The average molecular weight is 382 g/mol. The van der Waals surface area contributed by atoms with Crippen LogP contribution in [0, 0.1) is 5.92 Å². The van der Waals surface area contributed by atoms with E-state index in [0.717, 1.165) is 49.5 Å². The van der Waals surface area contributed by atoms with Crippen molar-refractivity contribution in [3.63, 3.8) is 0 Å². The molecule has 1 aromatic rings. The third-order valence-corrected chi connectivity index (χ3v) is 4.83. The summed E-state index contributed by atoms with van der Waals surface area (Å²) < 4.78 is 5.73. The maximum atomic E-state index is 11.8. The van der Waals surface area contributed by atoms with E-state index in [0.29, 0.717) is 31.8 Å². The number of amides is 2. The van der Waals surface area contributed by atoms with Gasteiger partial charge < -0.3 is 20.7 Å². The van der Waals surface area contributed by atoms with Crippen LogP contribution in [0.1, 0.15) is 37.7 Å². The molecule has 6 nitrogen and oxygen atoms in total. The van der Waals surface area contributed by atoms with Crippen LogP contribution in [0.5, 0.6) is 5.75 Å². The number of carbonyl (C=O) groups is 2. The van der Waals surface area contributed by atoms with Crippen LogP contribution in [0.3, 0.4) is 0 Å². The molecule has 0 spiro atoms. The molecule has 0 radical (unpaired) electrons. The zero-order valence-electron chi connectivity index (χ0n) is 15.0. The Morgan fingerprint density at radius 2 is 2.19 bits per heavy atom. The Hall–Kier alpha value is -1.79. The Labute approximate surface area is 160 Å². The van der Waals surface area contributed by atoms with Crippen LogP contribution < -0.4 is 20.7 Å². The molecule has 26 heavy (non-hydrogen) atoms. The molecule has 2 amide bonds. The third-order valence-electron chi connectivity index (χ3n) is 4.83. The molecule has 0 bridgehead atoms. The maximum absolute atomic E-state index is 11.8. The van der Waals surface area contributed by atoms with Crippen LogP contribution in [-0.4, -0.2) is 38.1 Å². The van der Waals surface area contributed by atoms with Gasteiger partial charge in [-0.15, -0.1) is 12.4 Å². The highest BCUT2D eigenvalue weighted by Gasteiger charge is 2.15. The number of aryl methyl sites for hydroxylation is 1. The fourth-order valence-electron chi connectivity index (χ4n) is 3.34. The first-order valence-electron chi connectivity index (χ1n) is 9.24. The zero-order chi connectivity index (χ0) is 17.5. The van der Waals surface area contributed by atoms with Crippen molar-refractivity contribution in [1.29, 1.82) is 0 Å². The van der Waals surface area contributed by atoms with Crippen LogP contribution in [0.4, 0.5) is 5.69 Å². The van der Waals surface area contributed by atoms with Crippen LogP contribution in [0.15, 0.2) is 18.2 Å². The normalized spacial score (nSPS) is 18.5. The number of anilines is 1. The van der Waals surface area contributed by atoms with Crippen LogP contribution in [0.25, 0.3) is 0 Å². The van der Waals surface area contributed by atoms with E-state index in [9.17, 15) is 9.59 Å². The van der Waals surface area contributed by atoms with Gasteiger partial charge in [-0.05, 0) is 68.5 Å². The first-order chi connectivity index (χ1) is 12.2. The standard InChI is InChI=1S/C19H27N3O3.ClH/c23-18(21-10-8-14-7-9-20-13-14)2-1-11-25-16-4-5-17-15(12-16)3-6-19(24)22-17;/h4-5,12,14,20H,1-3,6-11,13H2,(H,21,23)(H,22,24);1H. The number of nitrogens with one attached hydrogen (secondary N) is 3. The Morgan fingerprint density at radius 3 is 3.00 bits per heavy atom. The molecule has 1 fully saturated rings. The summed E-state index contributed by atoms with van der Waals surface area (Å²) in [6.45, 7) is 3.47. The van der Waals surface area contributed by atoms with E-state index >= 15 is 0 Å². The van der Waals surface area contributed by atoms with Gasteiger partial charge in [0.2, 0.25) is 11.8 Å². The predicted molar refractivity (Wildman–Crippen MR) is 104 cm³/mol. The molecule has 1 unspecified atom stereocenters. The van der Waals surface area contributed by atoms with Gasteiger partial charge in [0.25, 0.3) is 0 Å². The SMILES string of the molecule is Cl.O=C(CCCOc1ccc2c(c1)CCC(=O)N2)NCCC1CCNC1. The van der Waals surface area contributed by atoms with Crippen molar-refractivity contribution >= 4 is 29.9 Å². The van der Waals surface area contributed by atoms with E-state index in [-0.39, 0.29) is 24.2 Å². The molecule has 1 saturated heterocycles. The number of benzene rings is 1. The molecule has 2 aliphatic heterocycles. The van der Waals surface area contributed by atoms with E-state index < -0.39 is 0 Å². The van der Waals surface area contributed by atoms with E-state index in [1.54, 1.807) is 0 Å². The van der Waals surface area contributed by atoms with Gasteiger partial charge in [0.1, 0.15) is 5.75 Å². The van der Waals surface area contributed by atoms with Crippen molar-refractivity contribution in [2.24, 2.45) is 5.92 Å². The predicted octanol–water partition coefficient (Wildman–Crippen LogP) is 2.27. The van der Waals surface area contributed by atoms with E-state index in [1.165, 1.54) is 6.42 Å². The number of ether oxygens (including phenoxy) is 1. The molecule has 2 aliphatic rings. The number of rotatable bonds is 8. The minimum Gasteiger partial charge on any atom is -0.494 e. The summed E-state index contributed by atoms with van der Waals surface area (Å²) in [5.74, 6) is 1.67. The molecular weight excluding hydrogens is 354 g/mol. The first-order valence-corrected chi connectivity index (χ1v) is 9.24. The number of hydrogen-bond acceptors (Lipinski definition) is 4. The summed E-state index contributed by atoms with van der Waals surface area (Å²) in [5.41, 5.74) is 1.98. The summed E-state index contributed by atoms with van der Waals surface area (Å²) in [7, 11) is 0. The summed E-state index contributed by atoms with van der Waals surface area (Å²) in [4.78, 5) is 23.2. The van der Waals surface area contributed by atoms with Crippen molar-refractivity contribution < 1.29 is 14.3 Å². The molecular formula is C19H28ClN3O3. The second kappa shape index (κ2) is 10.4. The van der Waals surface area contributed by atoms with Crippen LogP contribution in [-0.2, 0) is 16.0 Å². The quantitative estimate of drug-likeness (QED) is 0.603. The summed E-state index contributed by atoms with van der Waals surface area (Å²) >= 11 is 0. The Kier molecular flexibility index (Phi) is 8.19. The number of hydrogen-bond donors (Lipinski definition) is 3. The number of fused-ring (bicyclic) bond motifs is 1. The van der Waals surface area contributed by atoms with Gasteiger partial charge in [0.15, 0.2) is 0 Å². The van der Waals surface area contributed by atoms with Gasteiger partial charge in [-0.25, -0.2) is 0 Å². The topological polar surface area (TPSA) is 79.5 Å². The lowest BCUT2D eigenvalue weighted by Gasteiger charge is -2.17. The molecule has 144 valence electrons. The second-order valence-corrected chi connectivity index (χ2v) is 6.82. The van der Waals surface area contributed by atoms with Crippen molar-refractivity contribution in [1.82, 2.24) is 10.6 Å². The van der Waals surface area contributed by atoms with Gasteiger partial charge in [-0.3, -0.25) is 9.59 Å². The van der Waals surface area contributed by atoms with Gasteiger partial charge in [-0.1, -0.05) is 0 Å². The summed E-state index contributed by atoms with van der Waals surface area (Å²) in [6.07, 6.45) is 4.73. The van der Waals surface area contributed by atoms with E-state index in [4.69, 9.17) is 4.74 Å². The molecule has 1 aromatic carbocycles. The van der Waals surface area contributed by atoms with Crippen LogP contribution in [0.2, 0.25) is 0 Å². The van der Waals surface area contributed by atoms with Crippen molar-refractivity contribution in [2.75, 3.05) is 31.6 Å². The molecule has 0 saturated carbocycles. The van der Waals surface area contributed by atoms with Gasteiger partial charge in [-0.2, -0.15) is 0 Å². The van der Waals surface area contributed by atoms with Gasteiger partial charge >= 0.3 is 0 Å². The second-order valence-electron chi connectivity index (χ2n) is 6.82. The highest BCUT2D eigenvalue weighted by atomic mass is 35.5. The highest BCUT2D eigenvalue weighted by molar-refractivity contribution is 5.94. The summed E-state index contributed by atoms with van der Waals surface area (Å²) in [5, 5.41) is 9.19. The minimum absolute atomic E-state index is 0. The highest BCUT2D eigenvalue weighted by Crippen LogP contribution is 2.26. The lowest BCUT2D eigenvalue weighted by Crippen LogP contribution is -2.26. The van der Waals surface area contributed by atoms with E-state index in [1.807, 2.05) is 18.2 Å². The largest absolute Gasteiger partial charge is 0.494 e. The Morgan fingerprint density at radius 1 is 1.31 bits per heavy atom. The molecule has 3 N–H and O–H groups in total. The lowest BCUT2D eigenvalue weighted by molar-refractivity contribution is -0.121. The molecule has 3 rings (SSSR count). The zero-order valence-corrected chi connectivity index (χ0v) is 15.8. The molecule has 2 heterocycles. The molecule has 0 aromatic heterocycles. The molecule has 7 heteroatoms. The lowest BCUT2D eigenvalue weighted by atomic mass is 10.0. The Balaban J connectivity index is 0.00000243. The number of carbonyl (C=O) groups excluding carboxylic acids is 2. The first kappa shape index (κ1) is 20.5. The van der Waals surface area contributed by atoms with Gasteiger partial charge in [0, 0.05) is 25.1 Å². The average Bonchev–Trinajstić information content (AvgIpc) is 3.12. The molecule has 1 atom stereocenters. The van der Waals surface area contributed by atoms with Gasteiger partial charge in [0.05, 0.1) is 6.61 Å². The monoisotopic (exact) mass is 381 g/mol. The van der Waals surface area contributed by atoms with Crippen LogP contribution >= 0.6 is 12.4 Å². The fraction of sp³-hybridized carbons (Fsp3) is 0.579. The van der Waals surface area contributed by atoms with E-state index in [2.05, 4.69) is 16.0 Å². The summed E-state index contributed by atoms with van der Waals surface area (Å²) in [6, 6.07) is 5.72. The molecule has 0 aliphatic carbocycles. The third kappa shape index (κ3) is 6.18. The Bertz CT molecular complexity index is 618.